The molecule has 0 aromatic heterocycles. The highest BCUT2D eigenvalue weighted by Crippen LogP contribution is 2.38. The first kappa shape index (κ1) is 14.2. The van der Waals surface area contributed by atoms with E-state index in [-0.39, 0.29) is 16.7 Å². The van der Waals surface area contributed by atoms with Crippen LogP contribution in [0, 0.1) is 0 Å². The lowest BCUT2D eigenvalue weighted by atomic mass is 10.1. The van der Waals surface area contributed by atoms with Crippen molar-refractivity contribution in [3.05, 3.63) is 28.2 Å². The molecule has 0 aliphatic heterocycles. The van der Waals surface area contributed by atoms with E-state index in [0.29, 0.717) is 10.4 Å². The summed E-state index contributed by atoms with van der Waals surface area (Å²) in [7, 11) is 0. The Balaban J connectivity index is 2.74. The minimum absolute atomic E-state index is 0.109. The van der Waals surface area contributed by atoms with Gasteiger partial charge in [-0.3, -0.25) is 0 Å². The molecule has 0 aliphatic rings. The van der Waals surface area contributed by atoms with Gasteiger partial charge >= 0.3 is 5.51 Å². The van der Waals surface area contributed by atoms with Crippen LogP contribution in [0.3, 0.4) is 0 Å². The number of aryl methyl sites for hydroxylation is 1. The second-order valence-corrected chi connectivity index (χ2v) is 5.46. The van der Waals surface area contributed by atoms with Crippen molar-refractivity contribution < 1.29 is 13.2 Å². The van der Waals surface area contributed by atoms with Crippen molar-refractivity contribution >= 4 is 39.3 Å². The molecule has 0 aliphatic carbocycles. The number of thioether (sulfide) groups is 1. The second-order valence-electron chi connectivity index (χ2n) is 3.09. The molecule has 16 heavy (non-hydrogen) atoms. The van der Waals surface area contributed by atoms with E-state index >= 15 is 0 Å². The Morgan fingerprint density at radius 1 is 1.31 bits per heavy atom. The van der Waals surface area contributed by atoms with Gasteiger partial charge in [-0.2, -0.15) is 13.2 Å². The van der Waals surface area contributed by atoms with Crippen molar-refractivity contribution in [3.63, 3.8) is 0 Å². The van der Waals surface area contributed by atoms with Crippen LogP contribution in [-0.4, -0.2) is 11.4 Å². The highest BCUT2D eigenvalue weighted by molar-refractivity contribution is 9.10. The predicted octanol–water partition coefficient (Wildman–Crippen LogP) is 5.23. The van der Waals surface area contributed by atoms with Crippen molar-refractivity contribution in [2.24, 2.45) is 0 Å². The zero-order valence-electron chi connectivity index (χ0n) is 8.15. The van der Waals surface area contributed by atoms with Crippen molar-refractivity contribution in [2.75, 3.05) is 5.88 Å². The van der Waals surface area contributed by atoms with E-state index < -0.39 is 5.51 Å². The average molecular weight is 334 g/mol. The number of rotatable bonds is 4. The van der Waals surface area contributed by atoms with E-state index in [1.165, 1.54) is 12.1 Å². The van der Waals surface area contributed by atoms with Crippen LogP contribution < -0.4 is 0 Å². The third kappa shape index (κ3) is 4.97. The van der Waals surface area contributed by atoms with Gasteiger partial charge in [0.25, 0.3) is 0 Å². The van der Waals surface area contributed by atoms with Crippen LogP contribution >= 0.6 is 39.3 Å². The predicted molar refractivity (Wildman–Crippen MR) is 65.1 cm³/mol. The monoisotopic (exact) mass is 332 g/mol. The molecule has 1 aromatic rings. The number of hydrogen-bond acceptors (Lipinski definition) is 1. The van der Waals surface area contributed by atoms with Crippen molar-refractivity contribution in [3.8, 4) is 0 Å². The van der Waals surface area contributed by atoms with Crippen LogP contribution in [-0.2, 0) is 6.42 Å². The number of benzene rings is 1. The molecule has 0 saturated heterocycles. The van der Waals surface area contributed by atoms with Crippen LogP contribution in [0.2, 0.25) is 0 Å². The molecule has 6 heteroatoms. The fourth-order valence-electron chi connectivity index (χ4n) is 1.19. The van der Waals surface area contributed by atoms with Gasteiger partial charge in [0.2, 0.25) is 0 Å². The van der Waals surface area contributed by atoms with Gasteiger partial charge in [0.15, 0.2) is 0 Å². The molecule has 0 heterocycles. The largest absolute Gasteiger partial charge is 0.446 e. The summed E-state index contributed by atoms with van der Waals surface area (Å²) in [6.07, 6.45) is 1.58. The molecule has 1 rings (SSSR count). The fourth-order valence-corrected chi connectivity index (χ4v) is 2.63. The summed E-state index contributed by atoms with van der Waals surface area (Å²) < 4.78 is 37.0. The molecule has 0 radical (unpaired) electrons. The van der Waals surface area contributed by atoms with E-state index in [9.17, 15) is 13.2 Å². The second kappa shape index (κ2) is 6.17. The topological polar surface area (TPSA) is 0 Å². The van der Waals surface area contributed by atoms with Crippen LogP contribution in [0.25, 0.3) is 0 Å². The molecule has 0 atom stereocenters. The molecule has 1 aromatic carbocycles. The molecule has 0 bridgehead atoms. The molecule has 0 fully saturated rings. The van der Waals surface area contributed by atoms with Gasteiger partial charge in [0.1, 0.15) is 0 Å². The Kier molecular flexibility index (Phi) is 5.47. The third-order valence-corrected chi connectivity index (χ3v) is 3.56. The zero-order chi connectivity index (χ0) is 12.2. The Morgan fingerprint density at radius 2 is 2.00 bits per heavy atom. The van der Waals surface area contributed by atoms with Gasteiger partial charge in [-0.05, 0) is 42.3 Å². The van der Waals surface area contributed by atoms with Crippen molar-refractivity contribution in [2.45, 2.75) is 23.2 Å². The Hall–Kier alpha value is 0.130. The third-order valence-electron chi connectivity index (χ3n) is 1.84. The van der Waals surface area contributed by atoms with E-state index in [1.54, 1.807) is 6.07 Å². The normalized spacial score (nSPS) is 11.8. The molecule has 0 saturated carbocycles. The summed E-state index contributed by atoms with van der Waals surface area (Å²) in [6.45, 7) is 0. The summed E-state index contributed by atoms with van der Waals surface area (Å²) in [4.78, 5) is 0.189. The van der Waals surface area contributed by atoms with E-state index in [4.69, 9.17) is 11.6 Å². The molecule has 0 N–H and O–H groups in total. The molecular weight excluding hydrogens is 325 g/mol. The summed E-state index contributed by atoms with van der Waals surface area (Å²) in [5.74, 6) is 0.547. The smallest absolute Gasteiger partial charge is 0.160 e. The van der Waals surface area contributed by atoms with Crippen LogP contribution in [0.15, 0.2) is 27.6 Å². The number of alkyl halides is 4. The van der Waals surface area contributed by atoms with Gasteiger partial charge < -0.3 is 0 Å². The highest BCUT2D eigenvalue weighted by atomic mass is 79.9. The van der Waals surface area contributed by atoms with E-state index in [0.717, 1.165) is 18.4 Å². The maximum Gasteiger partial charge on any atom is 0.446 e. The standard InChI is InChI=1S/C10H9BrClF3S/c11-9-6-8(16-10(13,14)15)4-3-7(9)2-1-5-12/h3-4,6H,1-2,5H2. The Morgan fingerprint density at radius 3 is 2.50 bits per heavy atom. The maximum absolute atomic E-state index is 12.1. The first-order valence-electron chi connectivity index (χ1n) is 4.52. The van der Waals surface area contributed by atoms with Crippen molar-refractivity contribution in [1.82, 2.24) is 0 Å². The summed E-state index contributed by atoms with van der Waals surface area (Å²) in [5, 5.41) is 0. The molecule has 0 unspecified atom stereocenters. The molecule has 0 spiro atoms. The van der Waals surface area contributed by atoms with Crippen LogP contribution in [0.5, 0.6) is 0 Å². The lowest BCUT2D eigenvalue weighted by molar-refractivity contribution is -0.0328. The molecular formula is C10H9BrClF3S. The maximum atomic E-state index is 12.1. The van der Waals surface area contributed by atoms with E-state index in [2.05, 4.69) is 15.9 Å². The SMILES string of the molecule is FC(F)(F)Sc1ccc(CCCCl)c(Br)c1. The van der Waals surface area contributed by atoms with Gasteiger partial charge in [0.05, 0.1) is 0 Å². The lowest BCUT2D eigenvalue weighted by Crippen LogP contribution is -1.99. The van der Waals surface area contributed by atoms with Gasteiger partial charge in [0, 0.05) is 15.2 Å². The quantitative estimate of drug-likeness (QED) is 0.537. The molecule has 90 valence electrons. The summed E-state index contributed by atoms with van der Waals surface area (Å²) in [5.41, 5.74) is -3.26. The molecule has 0 nitrogen and oxygen atoms in total. The minimum atomic E-state index is -4.24. The average Bonchev–Trinajstić information content (AvgIpc) is 2.14. The summed E-state index contributed by atoms with van der Waals surface area (Å²) in [6, 6.07) is 4.67. The zero-order valence-corrected chi connectivity index (χ0v) is 11.3. The number of hydrogen-bond donors (Lipinski definition) is 0. The Labute approximate surface area is 110 Å². The van der Waals surface area contributed by atoms with Gasteiger partial charge in [-0.25, -0.2) is 0 Å². The molecule has 0 amide bonds. The first-order chi connectivity index (χ1) is 7.42. The first-order valence-corrected chi connectivity index (χ1v) is 6.67. The highest BCUT2D eigenvalue weighted by Gasteiger charge is 2.29. The van der Waals surface area contributed by atoms with Crippen molar-refractivity contribution in [1.29, 1.82) is 0 Å². The summed E-state index contributed by atoms with van der Waals surface area (Å²) >= 11 is 8.71. The fraction of sp³-hybridized carbons (Fsp3) is 0.400. The van der Waals surface area contributed by atoms with E-state index in [1.807, 2.05) is 0 Å². The minimum Gasteiger partial charge on any atom is -0.160 e. The number of halogens is 5. The van der Waals surface area contributed by atoms with Crippen LogP contribution in [0.1, 0.15) is 12.0 Å². The Bertz CT molecular complexity index is 354. The van der Waals surface area contributed by atoms with Gasteiger partial charge in [-0.1, -0.05) is 22.0 Å². The lowest BCUT2D eigenvalue weighted by Gasteiger charge is -2.08. The van der Waals surface area contributed by atoms with Crippen LogP contribution in [0.4, 0.5) is 13.2 Å². The van der Waals surface area contributed by atoms with Gasteiger partial charge in [-0.15, -0.1) is 11.6 Å².